The summed E-state index contributed by atoms with van der Waals surface area (Å²) in [6, 6.07) is 0. The normalized spacial score (nSPS) is 18.3. The Hall–Kier alpha value is -1.69. The van der Waals surface area contributed by atoms with Crippen molar-refractivity contribution in [1.29, 1.82) is 0 Å². The molecule has 0 radical (unpaired) electrons. The minimum atomic E-state index is -0.250. The molecule has 0 aromatic carbocycles. The molecule has 2 heterocycles. The zero-order chi connectivity index (χ0) is 13.0. The average Bonchev–Trinajstić information content (AvgIpc) is 2.38. The van der Waals surface area contributed by atoms with Gasteiger partial charge in [0.1, 0.15) is 0 Å². The van der Waals surface area contributed by atoms with Crippen molar-refractivity contribution >= 4 is 11.7 Å². The van der Waals surface area contributed by atoms with Crippen LogP contribution in [0.4, 0.5) is 5.82 Å². The van der Waals surface area contributed by atoms with Crippen LogP contribution in [-0.2, 0) is 0 Å². The SMILES string of the molecule is CC1(CNC(=O)c2nccnc2N)CCNCC1. The third kappa shape index (κ3) is 2.95. The highest BCUT2D eigenvalue weighted by Gasteiger charge is 2.27. The van der Waals surface area contributed by atoms with Crippen molar-refractivity contribution in [3.05, 3.63) is 18.1 Å². The van der Waals surface area contributed by atoms with E-state index >= 15 is 0 Å². The summed E-state index contributed by atoms with van der Waals surface area (Å²) in [4.78, 5) is 19.8. The summed E-state index contributed by atoms with van der Waals surface area (Å²) in [5, 5.41) is 6.21. The van der Waals surface area contributed by atoms with E-state index < -0.39 is 0 Å². The lowest BCUT2D eigenvalue weighted by Gasteiger charge is -2.34. The van der Waals surface area contributed by atoms with Crippen molar-refractivity contribution in [3.8, 4) is 0 Å². The highest BCUT2D eigenvalue weighted by atomic mass is 16.1. The lowest BCUT2D eigenvalue weighted by Crippen LogP contribution is -2.43. The van der Waals surface area contributed by atoms with Crippen LogP contribution in [0.1, 0.15) is 30.3 Å². The van der Waals surface area contributed by atoms with Crippen LogP contribution in [0.25, 0.3) is 0 Å². The first-order chi connectivity index (χ1) is 8.61. The average molecular weight is 249 g/mol. The Kier molecular flexibility index (Phi) is 3.76. The number of hydrogen-bond donors (Lipinski definition) is 3. The summed E-state index contributed by atoms with van der Waals surface area (Å²) in [6.45, 7) is 4.83. The van der Waals surface area contributed by atoms with Gasteiger partial charge in [-0.3, -0.25) is 4.79 Å². The van der Waals surface area contributed by atoms with E-state index in [4.69, 9.17) is 5.73 Å². The van der Waals surface area contributed by atoms with Crippen LogP contribution in [0.15, 0.2) is 12.4 Å². The Morgan fingerprint density at radius 2 is 2.11 bits per heavy atom. The number of nitrogen functional groups attached to an aromatic ring is 1. The Labute approximate surface area is 106 Å². The number of amides is 1. The van der Waals surface area contributed by atoms with Gasteiger partial charge < -0.3 is 16.4 Å². The first-order valence-corrected chi connectivity index (χ1v) is 6.16. The van der Waals surface area contributed by atoms with Crippen LogP contribution >= 0.6 is 0 Å². The molecule has 1 amide bonds. The molecule has 4 N–H and O–H groups in total. The van der Waals surface area contributed by atoms with Gasteiger partial charge in [-0.05, 0) is 31.3 Å². The number of carbonyl (C=O) groups excluding carboxylic acids is 1. The second-order valence-corrected chi connectivity index (χ2v) is 5.03. The second-order valence-electron chi connectivity index (χ2n) is 5.03. The van der Waals surface area contributed by atoms with Crippen LogP contribution < -0.4 is 16.4 Å². The molecular weight excluding hydrogens is 230 g/mol. The van der Waals surface area contributed by atoms with Crippen molar-refractivity contribution in [3.63, 3.8) is 0 Å². The molecule has 1 fully saturated rings. The van der Waals surface area contributed by atoms with E-state index in [-0.39, 0.29) is 22.8 Å². The minimum Gasteiger partial charge on any atom is -0.382 e. The Balaban J connectivity index is 1.94. The highest BCUT2D eigenvalue weighted by molar-refractivity contribution is 5.96. The topological polar surface area (TPSA) is 92.9 Å². The standard InChI is InChI=1S/C12H19N5O/c1-12(2-4-14-5-3-12)8-17-11(18)9-10(13)16-7-6-15-9/h6-7,14H,2-5,8H2,1H3,(H2,13,16)(H,17,18). The molecule has 98 valence electrons. The van der Waals surface area contributed by atoms with Gasteiger partial charge in [0.15, 0.2) is 11.5 Å². The number of rotatable bonds is 3. The van der Waals surface area contributed by atoms with E-state index in [1.165, 1.54) is 12.4 Å². The minimum absolute atomic E-state index is 0.151. The molecule has 0 bridgehead atoms. The predicted octanol–water partition coefficient (Wildman–Crippen LogP) is 0.178. The lowest BCUT2D eigenvalue weighted by atomic mass is 9.81. The monoisotopic (exact) mass is 249 g/mol. The van der Waals surface area contributed by atoms with Gasteiger partial charge in [0.2, 0.25) is 0 Å². The first-order valence-electron chi connectivity index (χ1n) is 6.16. The van der Waals surface area contributed by atoms with Crippen molar-refractivity contribution in [2.75, 3.05) is 25.4 Å². The maximum Gasteiger partial charge on any atom is 0.273 e. The Bertz CT molecular complexity index is 428. The lowest BCUT2D eigenvalue weighted by molar-refractivity contribution is 0.0918. The fraction of sp³-hybridized carbons (Fsp3) is 0.583. The van der Waals surface area contributed by atoms with Gasteiger partial charge >= 0.3 is 0 Å². The van der Waals surface area contributed by atoms with Crippen molar-refractivity contribution in [1.82, 2.24) is 20.6 Å². The molecule has 0 unspecified atom stereocenters. The Morgan fingerprint density at radius 3 is 2.78 bits per heavy atom. The molecule has 1 aliphatic heterocycles. The van der Waals surface area contributed by atoms with E-state index in [1.54, 1.807) is 0 Å². The molecule has 1 saturated heterocycles. The van der Waals surface area contributed by atoms with Crippen LogP contribution in [-0.4, -0.2) is 35.5 Å². The van der Waals surface area contributed by atoms with Crippen LogP contribution in [0.5, 0.6) is 0 Å². The van der Waals surface area contributed by atoms with Crippen LogP contribution in [0.2, 0.25) is 0 Å². The Morgan fingerprint density at radius 1 is 1.44 bits per heavy atom. The molecule has 1 aromatic heterocycles. The number of nitrogens with two attached hydrogens (primary N) is 1. The van der Waals surface area contributed by atoms with Crippen LogP contribution in [0.3, 0.4) is 0 Å². The molecular formula is C12H19N5O. The third-order valence-electron chi connectivity index (χ3n) is 3.43. The summed E-state index contributed by atoms with van der Waals surface area (Å²) in [5.41, 5.74) is 5.97. The molecule has 1 aromatic rings. The fourth-order valence-electron chi connectivity index (χ4n) is 2.11. The number of piperidine rings is 1. The largest absolute Gasteiger partial charge is 0.382 e. The first kappa shape index (κ1) is 12.8. The van der Waals surface area contributed by atoms with Crippen LogP contribution in [0, 0.1) is 5.41 Å². The van der Waals surface area contributed by atoms with Crippen molar-refractivity contribution in [2.45, 2.75) is 19.8 Å². The van der Waals surface area contributed by atoms with Gasteiger partial charge in [0, 0.05) is 18.9 Å². The number of nitrogens with zero attached hydrogens (tertiary/aromatic N) is 2. The van der Waals surface area contributed by atoms with Crippen molar-refractivity contribution in [2.24, 2.45) is 5.41 Å². The van der Waals surface area contributed by atoms with Gasteiger partial charge in [-0.15, -0.1) is 0 Å². The van der Waals surface area contributed by atoms with Gasteiger partial charge in [0.05, 0.1) is 0 Å². The number of nitrogens with one attached hydrogen (secondary N) is 2. The van der Waals surface area contributed by atoms with E-state index in [2.05, 4.69) is 27.5 Å². The number of hydrogen-bond acceptors (Lipinski definition) is 5. The maximum atomic E-state index is 11.9. The molecule has 6 nitrogen and oxygen atoms in total. The summed E-state index contributed by atoms with van der Waals surface area (Å²) in [7, 11) is 0. The van der Waals surface area contributed by atoms with Gasteiger partial charge in [-0.1, -0.05) is 6.92 Å². The third-order valence-corrected chi connectivity index (χ3v) is 3.43. The molecule has 0 saturated carbocycles. The summed E-state index contributed by atoms with van der Waals surface area (Å²) in [5.74, 6) is -0.0779. The summed E-state index contributed by atoms with van der Waals surface area (Å²) >= 11 is 0. The summed E-state index contributed by atoms with van der Waals surface area (Å²) in [6.07, 6.45) is 5.06. The molecule has 6 heteroatoms. The van der Waals surface area contributed by atoms with Gasteiger partial charge in [0.25, 0.3) is 5.91 Å². The predicted molar refractivity (Wildman–Crippen MR) is 69.0 cm³/mol. The molecule has 0 atom stereocenters. The molecule has 2 rings (SSSR count). The van der Waals surface area contributed by atoms with Gasteiger partial charge in [-0.25, -0.2) is 9.97 Å². The van der Waals surface area contributed by atoms with E-state index in [1.807, 2.05) is 0 Å². The molecule has 0 aliphatic carbocycles. The van der Waals surface area contributed by atoms with Gasteiger partial charge in [-0.2, -0.15) is 0 Å². The fourth-order valence-corrected chi connectivity index (χ4v) is 2.11. The smallest absolute Gasteiger partial charge is 0.273 e. The molecule has 1 aliphatic rings. The van der Waals surface area contributed by atoms with E-state index in [0.29, 0.717) is 6.54 Å². The zero-order valence-corrected chi connectivity index (χ0v) is 10.6. The van der Waals surface area contributed by atoms with E-state index in [9.17, 15) is 4.79 Å². The maximum absolute atomic E-state index is 11.9. The number of anilines is 1. The second kappa shape index (κ2) is 5.30. The molecule has 0 spiro atoms. The molecule has 18 heavy (non-hydrogen) atoms. The number of aromatic nitrogens is 2. The van der Waals surface area contributed by atoms with Crippen molar-refractivity contribution < 1.29 is 4.79 Å². The van der Waals surface area contributed by atoms with E-state index in [0.717, 1.165) is 25.9 Å². The quantitative estimate of drug-likeness (QED) is 0.710. The zero-order valence-electron chi connectivity index (χ0n) is 10.6. The number of carbonyl (C=O) groups is 1. The summed E-state index contributed by atoms with van der Waals surface area (Å²) < 4.78 is 0. The highest BCUT2D eigenvalue weighted by Crippen LogP contribution is 2.26.